The smallest absolute Gasteiger partial charge is 0.222 e. The maximum Gasteiger partial charge on any atom is 0.222 e. The molecular weight excluding hydrogens is 236 g/mol. The molecule has 1 amide bonds. The number of nitrogens with zero attached hydrogens (tertiary/aromatic N) is 1. The number of ether oxygens (including phenoxy) is 1. The van der Waals surface area contributed by atoms with E-state index in [1.807, 2.05) is 18.7 Å². The fraction of sp³-hybridized carbons (Fsp3) is 0.833. The fourth-order valence-corrected chi connectivity index (χ4v) is 1.58. The lowest BCUT2D eigenvalue weighted by Crippen LogP contribution is -2.35. The molecule has 0 heterocycles. The molecular formula is C12H24N2O2S. The van der Waals surface area contributed by atoms with Gasteiger partial charge in [-0.1, -0.05) is 26.1 Å². The van der Waals surface area contributed by atoms with Gasteiger partial charge in [0.1, 0.15) is 0 Å². The minimum atomic E-state index is 0.173. The van der Waals surface area contributed by atoms with Gasteiger partial charge in [0.15, 0.2) is 0 Å². The Morgan fingerprint density at radius 2 is 2.06 bits per heavy atom. The first kappa shape index (κ1) is 16.3. The highest BCUT2D eigenvalue weighted by molar-refractivity contribution is 7.80. The molecule has 0 spiro atoms. The third kappa shape index (κ3) is 9.06. The molecule has 0 saturated heterocycles. The molecule has 0 aliphatic rings. The molecule has 0 atom stereocenters. The van der Waals surface area contributed by atoms with Crippen molar-refractivity contribution in [2.45, 2.75) is 33.1 Å². The van der Waals surface area contributed by atoms with Crippen LogP contribution in [0, 0.1) is 5.92 Å². The van der Waals surface area contributed by atoms with Crippen molar-refractivity contribution >= 4 is 23.1 Å². The van der Waals surface area contributed by atoms with Gasteiger partial charge in [0.2, 0.25) is 5.91 Å². The predicted octanol–water partition coefficient (Wildman–Crippen LogP) is 1.57. The van der Waals surface area contributed by atoms with Crippen LogP contribution < -0.4 is 5.73 Å². The number of amides is 1. The largest absolute Gasteiger partial charge is 0.393 e. The van der Waals surface area contributed by atoms with Crippen LogP contribution in [0.2, 0.25) is 0 Å². The Morgan fingerprint density at radius 1 is 1.41 bits per heavy atom. The second-order valence-electron chi connectivity index (χ2n) is 4.54. The molecule has 0 radical (unpaired) electrons. The summed E-state index contributed by atoms with van der Waals surface area (Å²) in [6, 6.07) is 0. The first-order valence-corrected chi connectivity index (χ1v) is 6.43. The summed E-state index contributed by atoms with van der Waals surface area (Å²) in [5, 5.41) is 0. The van der Waals surface area contributed by atoms with E-state index >= 15 is 0 Å². The summed E-state index contributed by atoms with van der Waals surface area (Å²) in [6.45, 7) is 6.07. The zero-order valence-corrected chi connectivity index (χ0v) is 11.9. The van der Waals surface area contributed by atoms with Crippen molar-refractivity contribution in [3.05, 3.63) is 0 Å². The van der Waals surface area contributed by atoms with Gasteiger partial charge in [-0.2, -0.15) is 0 Å². The molecule has 5 heteroatoms. The third-order valence-electron chi connectivity index (χ3n) is 2.34. The van der Waals surface area contributed by atoms with E-state index in [1.54, 1.807) is 7.11 Å². The van der Waals surface area contributed by atoms with Gasteiger partial charge in [-0.15, -0.1) is 0 Å². The van der Waals surface area contributed by atoms with Gasteiger partial charge in [0.05, 0.1) is 4.99 Å². The van der Waals surface area contributed by atoms with E-state index in [2.05, 4.69) is 0 Å². The van der Waals surface area contributed by atoms with Crippen LogP contribution in [0.3, 0.4) is 0 Å². The first-order valence-electron chi connectivity index (χ1n) is 6.02. The normalized spacial score (nSPS) is 10.6. The molecule has 0 bridgehead atoms. The Balaban J connectivity index is 4.17. The van der Waals surface area contributed by atoms with Crippen LogP contribution >= 0.6 is 12.2 Å². The Kier molecular flexibility index (Phi) is 8.99. The van der Waals surface area contributed by atoms with Crippen LogP contribution in [0.25, 0.3) is 0 Å². The van der Waals surface area contributed by atoms with Gasteiger partial charge in [-0.25, -0.2) is 0 Å². The van der Waals surface area contributed by atoms with Crippen LogP contribution in [0.1, 0.15) is 33.1 Å². The summed E-state index contributed by atoms with van der Waals surface area (Å²) in [5.74, 6) is 0.546. The molecule has 0 aromatic carbocycles. The van der Waals surface area contributed by atoms with E-state index in [0.717, 1.165) is 6.42 Å². The zero-order valence-electron chi connectivity index (χ0n) is 11.1. The van der Waals surface area contributed by atoms with E-state index in [0.29, 0.717) is 43.4 Å². The quantitative estimate of drug-likeness (QED) is 0.505. The van der Waals surface area contributed by atoms with Crippen molar-refractivity contribution in [1.29, 1.82) is 0 Å². The first-order chi connectivity index (χ1) is 7.97. The van der Waals surface area contributed by atoms with Gasteiger partial charge in [0, 0.05) is 39.6 Å². The van der Waals surface area contributed by atoms with E-state index in [1.165, 1.54) is 0 Å². The van der Waals surface area contributed by atoms with Gasteiger partial charge >= 0.3 is 0 Å². The van der Waals surface area contributed by atoms with E-state index in [-0.39, 0.29) is 5.91 Å². The number of thiocarbonyl (C=S) groups is 1. The summed E-state index contributed by atoms with van der Waals surface area (Å²) >= 11 is 4.84. The van der Waals surface area contributed by atoms with Crippen LogP contribution in [0.5, 0.6) is 0 Å². The molecule has 0 aromatic heterocycles. The lowest BCUT2D eigenvalue weighted by atomic mass is 10.1. The molecule has 0 fully saturated rings. The summed E-state index contributed by atoms with van der Waals surface area (Å²) in [5.41, 5.74) is 5.47. The van der Waals surface area contributed by atoms with Gasteiger partial charge in [0.25, 0.3) is 0 Å². The van der Waals surface area contributed by atoms with Crippen molar-refractivity contribution in [3.63, 3.8) is 0 Å². The number of carbonyl (C=O) groups excluding carboxylic acids is 1. The summed E-state index contributed by atoms with van der Waals surface area (Å²) in [4.78, 5) is 14.3. The van der Waals surface area contributed by atoms with E-state index in [4.69, 9.17) is 22.7 Å². The third-order valence-corrected chi connectivity index (χ3v) is 2.54. The summed E-state index contributed by atoms with van der Waals surface area (Å²) in [7, 11) is 1.66. The van der Waals surface area contributed by atoms with Crippen LogP contribution in [-0.4, -0.2) is 42.6 Å². The van der Waals surface area contributed by atoms with Crippen LogP contribution in [0.15, 0.2) is 0 Å². The van der Waals surface area contributed by atoms with Crippen LogP contribution in [-0.2, 0) is 9.53 Å². The van der Waals surface area contributed by atoms with Crippen molar-refractivity contribution in [1.82, 2.24) is 4.90 Å². The highest BCUT2D eigenvalue weighted by Crippen LogP contribution is 2.06. The number of carbonyl (C=O) groups is 1. The topological polar surface area (TPSA) is 55.6 Å². The highest BCUT2D eigenvalue weighted by Gasteiger charge is 2.14. The maximum absolute atomic E-state index is 12.0. The second-order valence-corrected chi connectivity index (χ2v) is 5.07. The van der Waals surface area contributed by atoms with Crippen LogP contribution in [0.4, 0.5) is 0 Å². The monoisotopic (exact) mass is 260 g/mol. The minimum absolute atomic E-state index is 0.173. The summed E-state index contributed by atoms with van der Waals surface area (Å²) in [6.07, 6.45) is 2.01. The summed E-state index contributed by atoms with van der Waals surface area (Å²) < 4.78 is 4.99. The number of hydrogen-bond donors (Lipinski definition) is 1. The van der Waals surface area contributed by atoms with Crippen molar-refractivity contribution in [2.24, 2.45) is 11.7 Å². The number of nitrogens with two attached hydrogens (primary N) is 1. The van der Waals surface area contributed by atoms with E-state index < -0.39 is 0 Å². The number of rotatable bonds is 9. The molecule has 0 saturated carbocycles. The minimum Gasteiger partial charge on any atom is -0.393 e. The zero-order chi connectivity index (χ0) is 13.3. The highest BCUT2D eigenvalue weighted by atomic mass is 32.1. The molecule has 0 unspecified atom stereocenters. The molecule has 100 valence electrons. The molecule has 4 nitrogen and oxygen atoms in total. The average molecular weight is 260 g/mol. The molecule has 0 aliphatic heterocycles. The maximum atomic E-state index is 12.0. The second kappa shape index (κ2) is 9.36. The lowest BCUT2D eigenvalue weighted by molar-refractivity contribution is -0.132. The molecule has 0 rings (SSSR count). The van der Waals surface area contributed by atoms with E-state index in [9.17, 15) is 4.79 Å². The molecule has 17 heavy (non-hydrogen) atoms. The average Bonchev–Trinajstić information content (AvgIpc) is 2.21. The SMILES string of the molecule is COCCCN(CCC(N)=S)C(=O)CC(C)C. The Bertz CT molecular complexity index is 245. The number of hydrogen-bond acceptors (Lipinski definition) is 3. The Morgan fingerprint density at radius 3 is 2.53 bits per heavy atom. The van der Waals surface area contributed by atoms with Gasteiger partial charge < -0.3 is 15.4 Å². The molecule has 0 aliphatic carbocycles. The number of methoxy groups -OCH3 is 1. The van der Waals surface area contributed by atoms with Crippen molar-refractivity contribution in [3.8, 4) is 0 Å². The Hall–Kier alpha value is -0.680. The Labute approximate surface area is 109 Å². The van der Waals surface area contributed by atoms with Gasteiger partial charge in [-0.3, -0.25) is 4.79 Å². The molecule has 2 N–H and O–H groups in total. The molecule has 0 aromatic rings. The van der Waals surface area contributed by atoms with Crippen molar-refractivity contribution < 1.29 is 9.53 Å². The van der Waals surface area contributed by atoms with Gasteiger partial charge in [-0.05, 0) is 12.3 Å². The fourth-order valence-electron chi connectivity index (χ4n) is 1.48. The standard InChI is InChI=1S/C12H24N2O2S/c1-10(2)9-12(15)14(6-4-8-16-3)7-5-11(13)17/h10H,4-9H2,1-3H3,(H2,13,17). The van der Waals surface area contributed by atoms with Crippen molar-refractivity contribution in [2.75, 3.05) is 26.8 Å². The predicted molar refractivity (Wildman–Crippen MR) is 73.9 cm³/mol. The lowest BCUT2D eigenvalue weighted by Gasteiger charge is -2.23.